The minimum Gasteiger partial charge on any atom is -0.457 e. The molecule has 0 N–H and O–H groups in total. The van der Waals surface area contributed by atoms with Gasteiger partial charge < -0.3 is 9.64 Å². The van der Waals surface area contributed by atoms with Crippen LogP contribution < -0.4 is 15.3 Å². The van der Waals surface area contributed by atoms with E-state index in [-0.39, 0.29) is 12.1 Å². The van der Waals surface area contributed by atoms with Gasteiger partial charge in [0.05, 0.1) is 12.2 Å². The molecular weight excluding hydrogens is 440 g/mol. The predicted octanol–water partition coefficient (Wildman–Crippen LogP) is 4.39. The lowest BCUT2D eigenvalue weighted by Gasteiger charge is -2.17. The number of benzene rings is 2. The zero-order chi connectivity index (χ0) is 23.7. The van der Waals surface area contributed by atoms with Crippen molar-refractivity contribution in [3.8, 4) is 17.2 Å². The van der Waals surface area contributed by atoms with E-state index < -0.39 is 17.3 Å². The monoisotopic (exact) mass is 463 g/mol. The third kappa shape index (κ3) is 4.41. The molecule has 9 heteroatoms. The first kappa shape index (κ1) is 21.8. The number of hydrogen-bond acceptors (Lipinski definition) is 5. The minimum atomic E-state index is -0.709. The molecular formula is C25H23F2N5O2. The van der Waals surface area contributed by atoms with Gasteiger partial charge in [0.25, 0.3) is 0 Å². The lowest BCUT2D eigenvalue weighted by molar-refractivity contribution is 0.481. The molecule has 1 aliphatic heterocycles. The molecule has 7 nitrogen and oxygen atoms in total. The molecule has 4 aromatic rings. The van der Waals surface area contributed by atoms with Crippen LogP contribution in [0.2, 0.25) is 0 Å². The largest absolute Gasteiger partial charge is 0.457 e. The van der Waals surface area contributed by atoms with E-state index in [1.54, 1.807) is 36.5 Å². The van der Waals surface area contributed by atoms with E-state index in [1.165, 1.54) is 17.1 Å². The molecule has 1 saturated heterocycles. The Morgan fingerprint density at radius 2 is 1.82 bits per heavy atom. The SMILES string of the molecule is CC1CCN(c2cc(Oc3ccc(-n4ncn(Cc5c(F)cccc5F)c4=O)cc3)ccn2)C1. The highest BCUT2D eigenvalue weighted by molar-refractivity contribution is 5.46. The summed E-state index contributed by atoms with van der Waals surface area (Å²) in [4.78, 5) is 19.4. The Morgan fingerprint density at radius 1 is 1.06 bits per heavy atom. The van der Waals surface area contributed by atoms with Gasteiger partial charge in [0.2, 0.25) is 0 Å². The van der Waals surface area contributed by atoms with Crippen molar-refractivity contribution < 1.29 is 13.5 Å². The Labute approximate surface area is 194 Å². The van der Waals surface area contributed by atoms with Gasteiger partial charge in [0, 0.05) is 30.9 Å². The van der Waals surface area contributed by atoms with Crippen LogP contribution in [0, 0.1) is 17.6 Å². The van der Waals surface area contributed by atoms with Crippen LogP contribution in [-0.4, -0.2) is 32.4 Å². The Bertz CT molecular complexity index is 1350. The topological polar surface area (TPSA) is 65.2 Å². The zero-order valence-corrected chi connectivity index (χ0v) is 18.6. The number of pyridine rings is 1. The summed E-state index contributed by atoms with van der Waals surface area (Å²) in [5.74, 6) is 1.39. The molecule has 0 saturated carbocycles. The van der Waals surface area contributed by atoms with Crippen molar-refractivity contribution in [3.63, 3.8) is 0 Å². The number of hydrogen-bond donors (Lipinski definition) is 0. The molecule has 0 aliphatic carbocycles. The first-order valence-electron chi connectivity index (χ1n) is 11.0. The van der Waals surface area contributed by atoms with E-state index in [0.29, 0.717) is 23.1 Å². The van der Waals surface area contributed by atoms with E-state index in [4.69, 9.17) is 4.74 Å². The molecule has 5 rings (SSSR count). The van der Waals surface area contributed by atoms with E-state index in [2.05, 4.69) is 21.9 Å². The van der Waals surface area contributed by atoms with Crippen LogP contribution in [-0.2, 0) is 6.54 Å². The number of halogens is 2. The van der Waals surface area contributed by atoms with Crippen LogP contribution in [0.25, 0.3) is 5.69 Å². The Kier molecular flexibility index (Phi) is 5.83. The molecule has 0 amide bonds. The Balaban J connectivity index is 1.31. The molecule has 1 unspecified atom stereocenters. The van der Waals surface area contributed by atoms with Crippen molar-refractivity contribution in [2.45, 2.75) is 19.9 Å². The van der Waals surface area contributed by atoms with Gasteiger partial charge in [-0.25, -0.2) is 18.6 Å². The lowest BCUT2D eigenvalue weighted by atomic mass is 10.2. The average molecular weight is 463 g/mol. The average Bonchev–Trinajstić information content (AvgIpc) is 3.43. The molecule has 1 fully saturated rings. The maximum Gasteiger partial charge on any atom is 0.350 e. The first-order valence-corrected chi connectivity index (χ1v) is 11.0. The van der Waals surface area contributed by atoms with Gasteiger partial charge in [-0.2, -0.15) is 9.78 Å². The predicted molar refractivity (Wildman–Crippen MR) is 124 cm³/mol. The van der Waals surface area contributed by atoms with Crippen LogP contribution in [0.15, 0.2) is 71.9 Å². The van der Waals surface area contributed by atoms with Crippen LogP contribution in [0.5, 0.6) is 11.5 Å². The van der Waals surface area contributed by atoms with Gasteiger partial charge in [-0.05, 0) is 54.8 Å². The summed E-state index contributed by atoms with van der Waals surface area (Å²) < 4.78 is 36.2. The summed E-state index contributed by atoms with van der Waals surface area (Å²) in [6, 6.07) is 14.2. The maximum atomic E-state index is 13.9. The van der Waals surface area contributed by atoms with Crippen LogP contribution in [0.1, 0.15) is 18.9 Å². The van der Waals surface area contributed by atoms with Gasteiger partial charge in [0.15, 0.2) is 0 Å². The smallest absolute Gasteiger partial charge is 0.350 e. The summed E-state index contributed by atoms with van der Waals surface area (Å²) in [6.07, 6.45) is 4.14. The number of anilines is 1. The molecule has 174 valence electrons. The van der Waals surface area contributed by atoms with E-state index in [0.717, 1.165) is 42.0 Å². The Morgan fingerprint density at radius 3 is 2.53 bits per heavy atom. The van der Waals surface area contributed by atoms with Crippen LogP contribution in [0.4, 0.5) is 14.6 Å². The van der Waals surface area contributed by atoms with Gasteiger partial charge in [-0.15, -0.1) is 0 Å². The van der Waals surface area contributed by atoms with Crippen LogP contribution >= 0.6 is 0 Å². The maximum absolute atomic E-state index is 13.9. The van der Waals surface area contributed by atoms with Crippen LogP contribution in [0.3, 0.4) is 0 Å². The molecule has 1 atom stereocenters. The third-order valence-corrected chi connectivity index (χ3v) is 5.91. The molecule has 2 aromatic heterocycles. The van der Waals surface area contributed by atoms with Crippen molar-refractivity contribution >= 4 is 5.82 Å². The van der Waals surface area contributed by atoms with E-state index >= 15 is 0 Å². The number of ether oxygens (including phenoxy) is 1. The standard InChI is InChI=1S/C25H23F2N5O2/c1-17-10-12-30(14-17)24-13-20(9-11-28-24)34-19-7-5-18(6-8-19)32-25(33)31(16-29-32)15-21-22(26)3-2-4-23(21)27/h2-9,11,13,16-17H,10,12,14-15H2,1H3. The van der Waals surface area contributed by atoms with Crippen molar-refractivity contribution in [2.24, 2.45) is 5.92 Å². The van der Waals surface area contributed by atoms with Gasteiger partial charge in [-0.1, -0.05) is 13.0 Å². The lowest BCUT2D eigenvalue weighted by Crippen LogP contribution is -2.24. The summed E-state index contributed by atoms with van der Waals surface area (Å²) in [7, 11) is 0. The minimum absolute atomic E-state index is 0.187. The Hall–Kier alpha value is -4.01. The van der Waals surface area contributed by atoms with Gasteiger partial charge in [-0.3, -0.25) is 4.57 Å². The quantitative estimate of drug-likeness (QED) is 0.424. The molecule has 3 heterocycles. The van der Waals surface area contributed by atoms with Gasteiger partial charge >= 0.3 is 5.69 Å². The van der Waals surface area contributed by atoms with Gasteiger partial charge in [0.1, 0.15) is 35.3 Å². The fourth-order valence-electron chi connectivity index (χ4n) is 4.04. The summed E-state index contributed by atoms with van der Waals surface area (Å²) in [6.45, 7) is 3.95. The normalized spacial score (nSPS) is 15.6. The summed E-state index contributed by atoms with van der Waals surface area (Å²) in [5, 5.41) is 4.08. The molecule has 1 aliphatic rings. The highest BCUT2D eigenvalue weighted by Crippen LogP contribution is 2.28. The van der Waals surface area contributed by atoms with E-state index in [9.17, 15) is 13.6 Å². The fraction of sp³-hybridized carbons (Fsp3) is 0.240. The zero-order valence-electron chi connectivity index (χ0n) is 18.6. The van der Waals surface area contributed by atoms with Crippen molar-refractivity contribution in [3.05, 3.63) is 94.8 Å². The molecule has 0 spiro atoms. The summed E-state index contributed by atoms with van der Waals surface area (Å²) >= 11 is 0. The molecule has 34 heavy (non-hydrogen) atoms. The van der Waals surface area contributed by atoms with E-state index in [1.807, 2.05) is 6.07 Å². The van der Waals surface area contributed by atoms with Crippen molar-refractivity contribution in [2.75, 3.05) is 18.0 Å². The second-order valence-electron chi connectivity index (χ2n) is 8.44. The van der Waals surface area contributed by atoms with Crippen molar-refractivity contribution in [1.82, 2.24) is 19.3 Å². The summed E-state index contributed by atoms with van der Waals surface area (Å²) in [5.41, 5.74) is -0.186. The third-order valence-electron chi connectivity index (χ3n) is 5.91. The highest BCUT2D eigenvalue weighted by Gasteiger charge is 2.20. The first-order chi connectivity index (χ1) is 16.5. The number of rotatable bonds is 6. The highest BCUT2D eigenvalue weighted by atomic mass is 19.1. The number of aromatic nitrogens is 4. The fourth-order valence-corrected chi connectivity index (χ4v) is 4.04. The van der Waals surface area contributed by atoms with Crippen molar-refractivity contribution in [1.29, 1.82) is 0 Å². The second-order valence-corrected chi connectivity index (χ2v) is 8.44. The number of nitrogens with zero attached hydrogens (tertiary/aromatic N) is 5. The molecule has 0 radical (unpaired) electrons. The second kappa shape index (κ2) is 9.09. The molecule has 2 aromatic carbocycles. The molecule has 0 bridgehead atoms.